The van der Waals surface area contributed by atoms with E-state index in [9.17, 15) is 4.79 Å². The van der Waals surface area contributed by atoms with E-state index in [0.29, 0.717) is 18.4 Å². The van der Waals surface area contributed by atoms with Crippen molar-refractivity contribution < 1.29 is 14.1 Å². The lowest BCUT2D eigenvalue weighted by Crippen LogP contribution is -2.47. The molecule has 2 fully saturated rings. The number of amides is 1. The van der Waals surface area contributed by atoms with Crippen LogP contribution in [0, 0.1) is 5.92 Å². The summed E-state index contributed by atoms with van der Waals surface area (Å²) < 4.78 is 10.9. The van der Waals surface area contributed by atoms with Gasteiger partial charge in [-0.2, -0.15) is 4.98 Å². The Morgan fingerprint density at radius 2 is 2.11 bits per heavy atom. The standard InChI is InChI=1S/C21H28N4O3/c1-27-14-10-21(20-23-18(28-24-20)17-7-4-11-22-15-17)8-12-25(13-9-21)19(26)16-5-2-3-6-16/h4,7,11,15-16H,2-3,5-6,8-10,12-14H2,1H3. The summed E-state index contributed by atoms with van der Waals surface area (Å²) >= 11 is 0. The van der Waals surface area contributed by atoms with Gasteiger partial charge in [0.05, 0.1) is 5.56 Å². The van der Waals surface area contributed by atoms with Gasteiger partial charge in [0.2, 0.25) is 5.91 Å². The van der Waals surface area contributed by atoms with Crippen LogP contribution in [-0.4, -0.2) is 52.7 Å². The molecule has 150 valence electrons. The number of pyridine rings is 1. The molecule has 28 heavy (non-hydrogen) atoms. The minimum Gasteiger partial charge on any atom is -0.385 e. The number of aromatic nitrogens is 3. The Labute approximate surface area is 165 Å². The van der Waals surface area contributed by atoms with Crippen molar-refractivity contribution in [1.82, 2.24) is 20.0 Å². The molecular weight excluding hydrogens is 356 g/mol. The maximum atomic E-state index is 12.8. The van der Waals surface area contributed by atoms with Crippen LogP contribution in [0.2, 0.25) is 0 Å². The second-order valence-electron chi connectivity index (χ2n) is 7.99. The van der Waals surface area contributed by atoms with Crippen LogP contribution in [0.3, 0.4) is 0 Å². The van der Waals surface area contributed by atoms with Gasteiger partial charge in [-0.1, -0.05) is 18.0 Å². The number of hydrogen-bond acceptors (Lipinski definition) is 6. The first-order valence-electron chi connectivity index (χ1n) is 10.2. The molecule has 1 saturated carbocycles. The van der Waals surface area contributed by atoms with Gasteiger partial charge in [0, 0.05) is 50.5 Å². The third kappa shape index (κ3) is 3.81. The number of carbonyl (C=O) groups excluding carboxylic acids is 1. The molecule has 0 N–H and O–H groups in total. The summed E-state index contributed by atoms with van der Waals surface area (Å²) in [5.41, 5.74) is 0.601. The van der Waals surface area contributed by atoms with Crippen LogP contribution in [0.5, 0.6) is 0 Å². The lowest BCUT2D eigenvalue weighted by atomic mass is 9.75. The number of carbonyl (C=O) groups is 1. The predicted octanol–water partition coefficient (Wildman–Crippen LogP) is 3.22. The molecule has 1 aliphatic carbocycles. The first-order chi connectivity index (χ1) is 13.7. The summed E-state index contributed by atoms with van der Waals surface area (Å²) in [5, 5.41) is 4.32. The Hall–Kier alpha value is -2.28. The average molecular weight is 384 g/mol. The molecule has 1 saturated heterocycles. The van der Waals surface area contributed by atoms with Crippen molar-refractivity contribution in [2.75, 3.05) is 26.8 Å². The first-order valence-corrected chi connectivity index (χ1v) is 10.2. The van der Waals surface area contributed by atoms with Crippen molar-refractivity contribution in [3.05, 3.63) is 30.4 Å². The maximum absolute atomic E-state index is 12.8. The van der Waals surface area contributed by atoms with E-state index in [2.05, 4.69) is 10.1 Å². The zero-order valence-corrected chi connectivity index (χ0v) is 16.5. The quantitative estimate of drug-likeness (QED) is 0.761. The Balaban J connectivity index is 1.50. The molecule has 0 bridgehead atoms. The van der Waals surface area contributed by atoms with E-state index in [-0.39, 0.29) is 11.3 Å². The first kappa shape index (κ1) is 19.1. The third-order valence-electron chi connectivity index (χ3n) is 6.33. The fourth-order valence-corrected chi connectivity index (χ4v) is 4.51. The van der Waals surface area contributed by atoms with Crippen LogP contribution >= 0.6 is 0 Å². The third-order valence-corrected chi connectivity index (χ3v) is 6.33. The smallest absolute Gasteiger partial charge is 0.259 e. The molecule has 2 aromatic rings. The van der Waals surface area contributed by atoms with Gasteiger partial charge >= 0.3 is 0 Å². The molecule has 1 aliphatic heterocycles. The summed E-state index contributed by atoms with van der Waals surface area (Å²) in [7, 11) is 1.71. The van der Waals surface area contributed by atoms with E-state index in [1.54, 1.807) is 19.5 Å². The lowest BCUT2D eigenvalue weighted by Gasteiger charge is -2.40. The van der Waals surface area contributed by atoms with Crippen molar-refractivity contribution in [2.24, 2.45) is 5.92 Å². The van der Waals surface area contributed by atoms with Crippen molar-refractivity contribution in [1.29, 1.82) is 0 Å². The molecule has 0 aromatic carbocycles. The van der Waals surface area contributed by atoms with Gasteiger partial charge in [-0.3, -0.25) is 9.78 Å². The average Bonchev–Trinajstić information content (AvgIpc) is 3.45. The summed E-state index contributed by atoms with van der Waals surface area (Å²) in [6.45, 7) is 2.12. The van der Waals surface area contributed by atoms with E-state index in [1.165, 1.54) is 12.8 Å². The predicted molar refractivity (Wildman–Crippen MR) is 103 cm³/mol. The minimum absolute atomic E-state index is 0.216. The van der Waals surface area contributed by atoms with Crippen LogP contribution < -0.4 is 0 Å². The Morgan fingerprint density at radius 3 is 2.79 bits per heavy atom. The fraction of sp³-hybridized carbons (Fsp3) is 0.619. The molecule has 7 nitrogen and oxygen atoms in total. The van der Waals surface area contributed by atoms with Gasteiger partial charge in [-0.05, 0) is 44.2 Å². The molecule has 1 amide bonds. The van der Waals surface area contributed by atoms with E-state index < -0.39 is 0 Å². The van der Waals surface area contributed by atoms with Crippen LogP contribution in [0.1, 0.15) is 50.8 Å². The van der Waals surface area contributed by atoms with Crippen molar-refractivity contribution >= 4 is 5.91 Å². The zero-order chi connectivity index (χ0) is 19.4. The van der Waals surface area contributed by atoms with E-state index in [1.807, 2.05) is 17.0 Å². The largest absolute Gasteiger partial charge is 0.385 e. The number of likely N-dealkylation sites (tertiary alicyclic amines) is 1. The molecule has 4 rings (SSSR count). The van der Waals surface area contributed by atoms with Crippen molar-refractivity contribution in [2.45, 2.75) is 50.4 Å². The maximum Gasteiger partial charge on any atom is 0.259 e. The highest BCUT2D eigenvalue weighted by Crippen LogP contribution is 2.39. The number of methoxy groups -OCH3 is 1. The highest BCUT2D eigenvalue weighted by Gasteiger charge is 2.42. The molecule has 7 heteroatoms. The van der Waals surface area contributed by atoms with E-state index in [4.69, 9.17) is 14.2 Å². The second-order valence-corrected chi connectivity index (χ2v) is 7.99. The Bertz CT molecular complexity index is 778. The van der Waals surface area contributed by atoms with Crippen LogP contribution in [-0.2, 0) is 14.9 Å². The van der Waals surface area contributed by atoms with Crippen LogP contribution in [0.4, 0.5) is 0 Å². The highest BCUT2D eigenvalue weighted by molar-refractivity contribution is 5.79. The molecule has 0 atom stereocenters. The number of piperidine rings is 1. The topological polar surface area (TPSA) is 81.3 Å². The van der Waals surface area contributed by atoms with E-state index in [0.717, 1.165) is 56.6 Å². The van der Waals surface area contributed by atoms with Crippen molar-refractivity contribution in [3.8, 4) is 11.5 Å². The van der Waals surface area contributed by atoms with Gasteiger partial charge < -0.3 is 14.2 Å². The van der Waals surface area contributed by atoms with Gasteiger partial charge in [0.25, 0.3) is 5.89 Å². The summed E-state index contributed by atoms with van der Waals surface area (Å²) in [6.07, 6.45) is 10.4. The molecule has 2 aromatic heterocycles. The molecular formula is C21H28N4O3. The SMILES string of the molecule is COCCC1(c2noc(-c3cccnc3)n2)CCN(C(=O)C2CCCC2)CC1. The number of rotatable bonds is 6. The fourth-order valence-electron chi connectivity index (χ4n) is 4.51. The molecule has 0 unspecified atom stereocenters. The highest BCUT2D eigenvalue weighted by atomic mass is 16.5. The molecule has 0 spiro atoms. The zero-order valence-electron chi connectivity index (χ0n) is 16.5. The normalized spacial score (nSPS) is 19.8. The van der Waals surface area contributed by atoms with E-state index >= 15 is 0 Å². The minimum atomic E-state index is -0.216. The second kappa shape index (κ2) is 8.39. The molecule has 2 aliphatic rings. The van der Waals surface area contributed by atoms with Gasteiger partial charge in [-0.15, -0.1) is 0 Å². The summed E-state index contributed by atoms with van der Waals surface area (Å²) in [4.78, 5) is 23.7. The van der Waals surface area contributed by atoms with Crippen LogP contribution in [0.15, 0.2) is 29.0 Å². The van der Waals surface area contributed by atoms with Gasteiger partial charge in [0.1, 0.15) is 0 Å². The molecule has 0 radical (unpaired) electrons. The van der Waals surface area contributed by atoms with Gasteiger partial charge in [0.15, 0.2) is 5.82 Å². The number of hydrogen-bond donors (Lipinski definition) is 0. The Morgan fingerprint density at radius 1 is 1.32 bits per heavy atom. The number of ether oxygens (including phenoxy) is 1. The van der Waals surface area contributed by atoms with Crippen molar-refractivity contribution in [3.63, 3.8) is 0 Å². The number of nitrogens with zero attached hydrogens (tertiary/aromatic N) is 4. The lowest BCUT2D eigenvalue weighted by molar-refractivity contribution is -0.137. The summed E-state index contributed by atoms with van der Waals surface area (Å²) in [5.74, 6) is 1.77. The monoisotopic (exact) mass is 384 g/mol. The summed E-state index contributed by atoms with van der Waals surface area (Å²) in [6, 6.07) is 3.77. The van der Waals surface area contributed by atoms with Gasteiger partial charge in [-0.25, -0.2) is 0 Å². The van der Waals surface area contributed by atoms with Crippen LogP contribution in [0.25, 0.3) is 11.5 Å². The molecule has 3 heterocycles. The Kier molecular flexibility index (Phi) is 5.71.